The molecule has 2 heterocycles. The van der Waals surface area contributed by atoms with Crippen molar-refractivity contribution in [3.8, 4) is 0 Å². The van der Waals surface area contributed by atoms with Gasteiger partial charge in [-0.15, -0.1) is 12.4 Å². The van der Waals surface area contributed by atoms with Crippen molar-refractivity contribution >= 4 is 52.5 Å². The molecular formula is C23H20Cl2N6O3. The number of fused-ring (bicyclic) bond motifs is 1. The molecule has 0 saturated heterocycles. The molecule has 0 saturated carbocycles. The van der Waals surface area contributed by atoms with Crippen molar-refractivity contribution in [1.29, 1.82) is 0 Å². The standard InChI is InChI=1S/C23H19ClN6O3.ClH/c1-13(14-5-3-2-4-6-14)30(25)23(33)15-7-8-18(24)19(10-15)28-21(31)17-9-16-11-26-12-27-20(16)29-22(17)32;/h2-13H,25H2,1H3,(H,28,31)(H,26,27,29,32);1H. The van der Waals surface area contributed by atoms with Crippen molar-refractivity contribution in [3.05, 3.63) is 99.2 Å². The zero-order valence-electron chi connectivity index (χ0n) is 17.9. The Morgan fingerprint density at radius 2 is 1.88 bits per heavy atom. The fourth-order valence-corrected chi connectivity index (χ4v) is 3.44. The van der Waals surface area contributed by atoms with Crippen molar-refractivity contribution < 1.29 is 9.59 Å². The highest BCUT2D eigenvalue weighted by molar-refractivity contribution is 6.34. The molecule has 0 aliphatic carbocycles. The van der Waals surface area contributed by atoms with E-state index in [1.807, 2.05) is 37.3 Å². The van der Waals surface area contributed by atoms with E-state index in [4.69, 9.17) is 17.4 Å². The lowest BCUT2D eigenvalue weighted by atomic mass is 10.1. The van der Waals surface area contributed by atoms with E-state index in [9.17, 15) is 14.4 Å². The first-order chi connectivity index (χ1) is 15.8. The number of nitrogens with two attached hydrogens (primary N) is 1. The van der Waals surface area contributed by atoms with Gasteiger partial charge in [0.1, 0.15) is 17.5 Å². The molecule has 9 nitrogen and oxygen atoms in total. The van der Waals surface area contributed by atoms with Gasteiger partial charge >= 0.3 is 0 Å². The highest BCUT2D eigenvalue weighted by Gasteiger charge is 2.21. The molecule has 174 valence electrons. The van der Waals surface area contributed by atoms with Gasteiger partial charge in [0.15, 0.2) is 0 Å². The molecule has 0 bridgehead atoms. The SMILES string of the molecule is CC(c1ccccc1)N(N)C(=O)c1ccc(Cl)c(NC(=O)c2cc3cncnc3[nH]c2=O)c1.Cl. The first-order valence-corrected chi connectivity index (χ1v) is 10.3. The summed E-state index contributed by atoms with van der Waals surface area (Å²) in [7, 11) is 0. The average Bonchev–Trinajstić information content (AvgIpc) is 2.84. The number of halogens is 2. The van der Waals surface area contributed by atoms with Crippen LogP contribution in [0.15, 0.2) is 71.9 Å². The molecule has 34 heavy (non-hydrogen) atoms. The molecule has 4 N–H and O–H groups in total. The van der Waals surface area contributed by atoms with E-state index in [1.54, 1.807) is 0 Å². The summed E-state index contributed by atoms with van der Waals surface area (Å²) in [4.78, 5) is 48.5. The Hall–Kier alpha value is -3.79. The molecule has 4 rings (SSSR count). The molecule has 0 aliphatic heterocycles. The number of carbonyl (C=O) groups is 2. The van der Waals surface area contributed by atoms with Crippen LogP contribution in [0.5, 0.6) is 0 Å². The number of rotatable bonds is 5. The van der Waals surface area contributed by atoms with Crippen LogP contribution in [0.2, 0.25) is 5.02 Å². The normalized spacial score (nSPS) is 11.4. The number of hydrogen-bond donors (Lipinski definition) is 3. The zero-order chi connectivity index (χ0) is 23.5. The Morgan fingerprint density at radius 3 is 2.62 bits per heavy atom. The second kappa shape index (κ2) is 10.4. The van der Waals surface area contributed by atoms with E-state index >= 15 is 0 Å². The highest BCUT2D eigenvalue weighted by Crippen LogP contribution is 2.26. The van der Waals surface area contributed by atoms with Crippen molar-refractivity contribution in [2.24, 2.45) is 5.84 Å². The molecule has 0 radical (unpaired) electrons. The number of H-pyrrole nitrogens is 1. The lowest BCUT2D eigenvalue weighted by Crippen LogP contribution is -2.39. The average molecular weight is 499 g/mol. The van der Waals surface area contributed by atoms with Gasteiger partial charge in [0, 0.05) is 17.1 Å². The zero-order valence-corrected chi connectivity index (χ0v) is 19.4. The smallest absolute Gasteiger partial charge is 0.268 e. The summed E-state index contributed by atoms with van der Waals surface area (Å²) in [5.41, 5.74) is 0.802. The summed E-state index contributed by atoms with van der Waals surface area (Å²) >= 11 is 6.23. The van der Waals surface area contributed by atoms with Gasteiger partial charge in [-0.2, -0.15) is 0 Å². The van der Waals surface area contributed by atoms with Gasteiger partial charge in [-0.25, -0.2) is 15.8 Å². The van der Waals surface area contributed by atoms with Gasteiger partial charge in [-0.1, -0.05) is 41.9 Å². The number of nitrogens with one attached hydrogen (secondary N) is 2. The van der Waals surface area contributed by atoms with E-state index in [-0.39, 0.29) is 40.3 Å². The molecule has 11 heteroatoms. The highest BCUT2D eigenvalue weighted by atomic mass is 35.5. The third-order valence-corrected chi connectivity index (χ3v) is 5.49. The number of amides is 2. The fraction of sp³-hybridized carbons (Fsp3) is 0.0870. The van der Waals surface area contributed by atoms with E-state index in [0.29, 0.717) is 11.0 Å². The topological polar surface area (TPSA) is 134 Å². The first kappa shape index (κ1) is 24.8. The van der Waals surface area contributed by atoms with Crippen LogP contribution in [0.25, 0.3) is 11.0 Å². The summed E-state index contributed by atoms with van der Waals surface area (Å²) in [6, 6.07) is 14.7. The minimum atomic E-state index is -0.698. The number of carbonyl (C=O) groups excluding carboxylic acids is 2. The van der Waals surface area contributed by atoms with Gasteiger partial charge in [0.05, 0.1) is 16.8 Å². The summed E-state index contributed by atoms with van der Waals surface area (Å²) in [5.74, 6) is 4.93. The maximum Gasteiger partial charge on any atom is 0.268 e. The fourth-order valence-electron chi connectivity index (χ4n) is 3.28. The number of hydrogen-bond acceptors (Lipinski definition) is 6. The number of nitrogens with zero attached hydrogens (tertiary/aromatic N) is 3. The molecule has 2 aromatic heterocycles. The second-order valence-corrected chi connectivity index (χ2v) is 7.69. The molecule has 0 spiro atoms. The molecule has 2 amide bonds. The first-order valence-electron chi connectivity index (χ1n) is 9.92. The van der Waals surface area contributed by atoms with Gasteiger partial charge in [0.2, 0.25) is 0 Å². The van der Waals surface area contributed by atoms with E-state index < -0.39 is 17.4 Å². The van der Waals surface area contributed by atoms with Crippen LogP contribution in [0.4, 0.5) is 5.69 Å². The van der Waals surface area contributed by atoms with Crippen LogP contribution >= 0.6 is 24.0 Å². The molecule has 1 unspecified atom stereocenters. The van der Waals surface area contributed by atoms with Crippen molar-refractivity contribution in [1.82, 2.24) is 20.0 Å². The number of aromatic nitrogens is 3. The van der Waals surface area contributed by atoms with E-state index in [1.165, 1.54) is 36.8 Å². The quantitative estimate of drug-likeness (QED) is 0.218. The monoisotopic (exact) mass is 498 g/mol. The molecule has 0 aliphatic rings. The number of anilines is 1. The van der Waals surface area contributed by atoms with Crippen LogP contribution in [-0.2, 0) is 0 Å². The summed E-state index contributed by atoms with van der Waals surface area (Å²) in [6.45, 7) is 1.81. The van der Waals surface area contributed by atoms with Crippen molar-refractivity contribution in [2.45, 2.75) is 13.0 Å². The number of pyridine rings is 1. The maximum absolute atomic E-state index is 13.0. The third kappa shape index (κ3) is 5.07. The Balaban J connectivity index is 0.00000324. The third-order valence-electron chi connectivity index (χ3n) is 5.16. The second-order valence-electron chi connectivity index (χ2n) is 7.29. The van der Waals surface area contributed by atoms with Gasteiger partial charge < -0.3 is 10.3 Å². The summed E-state index contributed by atoms with van der Waals surface area (Å²) < 4.78 is 0. The Bertz CT molecular complexity index is 1410. The molecule has 1 atom stereocenters. The Labute approximate surface area is 205 Å². The van der Waals surface area contributed by atoms with Crippen LogP contribution in [0, 0.1) is 0 Å². The summed E-state index contributed by atoms with van der Waals surface area (Å²) in [5, 5.41) is 4.38. The van der Waals surface area contributed by atoms with Gasteiger partial charge in [-0.3, -0.25) is 19.4 Å². The van der Waals surface area contributed by atoms with E-state index in [0.717, 1.165) is 10.6 Å². The van der Waals surface area contributed by atoms with Crippen molar-refractivity contribution in [2.75, 3.05) is 5.32 Å². The van der Waals surface area contributed by atoms with Gasteiger partial charge in [0.25, 0.3) is 17.4 Å². The molecule has 2 aromatic carbocycles. The minimum Gasteiger partial charge on any atom is -0.320 e. The predicted octanol–water partition coefficient (Wildman–Crippen LogP) is 3.72. The summed E-state index contributed by atoms with van der Waals surface area (Å²) in [6.07, 6.45) is 2.77. The van der Waals surface area contributed by atoms with E-state index in [2.05, 4.69) is 20.3 Å². The molecular weight excluding hydrogens is 479 g/mol. The number of hydrazine groups is 1. The van der Waals surface area contributed by atoms with Crippen LogP contribution in [-0.4, -0.2) is 31.8 Å². The van der Waals surface area contributed by atoms with Crippen LogP contribution in [0.3, 0.4) is 0 Å². The Morgan fingerprint density at radius 1 is 1.15 bits per heavy atom. The molecule has 4 aromatic rings. The lowest BCUT2D eigenvalue weighted by Gasteiger charge is -2.25. The minimum absolute atomic E-state index is 0. The van der Waals surface area contributed by atoms with Crippen LogP contribution < -0.4 is 16.7 Å². The molecule has 0 fully saturated rings. The number of aromatic amines is 1. The van der Waals surface area contributed by atoms with Crippen molar-refractivity contribution in [3.63, 3.8) is 0 Å². The number of benzene rings is 2. The van der Waals surface area contributed by atoms with Gasteiger partial charge in [-0.05, 0) is 36.8 Å². The maximum atomic E-state index is 13.0. The van der Waals surface area contributed by atoms with Crippen LogP contribution in [0.1, 0.15) is 39.2 Å². The predicted molar refractivity (Wildman–Crippen MR) is 132 cm³/mol. The largest absolute Gasteiger partial charge is 0.320 e. The lowest BCUT2D eigenvalue weighted by molar-refractivity contribution is 0.0690. The Kier molecular flexibility index (Phi) is 7.62.